The summed E-state index contributed by atoms with van der Waals surface area (Å²) in [4.78, 5) is 16.2. The van der Waals surface area contributed by atoms with Crippen molar-refractivity contribution in [2.24, 2.45) is 0 Å². The molecule has 0 aliphatic carbocycles. The van der Waals surface area contributed by atoms with Crippen LogP contribution in [0.3, 0.4) is 0 Å². The molecule has 21 heavy (non-hydrogen) atoms. The first-order chi connectivity index (χ1) is 10.1. The Bertz CT molecular complexity index is 624. The number of imidazole rings is 1. The molecule has 5 nitrogen and oxygen atoms in total. The van der Waals surface area contributed by atoms with E-state index in [2.05, 4.69) is 21.8 Å². The van der Waals surface area contributed by atoms with Crippen molar-refractivity contribution < 1.29 is 4.79 Å². The number of benzene rings is 1. The van der Waals surface area contributed by atoms with Crippen molar-refractivity contribution in [2.75, 3.05) is 11.1 Å². The highest BCUT2D eigenvalue weighted by Gasteiger charge is 2.07. The average molecular weight is 307 g/mol. The van der Waals surface area contributed by atoms with Crippen molar-refractivity contribution in [1.29, 1.82) is 0 Å². The third kappa shape index (κ3) is 4.23. The maximum absolute atomic E-state index is 11.9. The van der Waals surface area contributed by atoms with Crippen molar-refractivity contribution in [3.8, 4) is 0 Å². The number of nitrogens with one attached hydrogen (secondary N) is 1. The molecule has 1 amide bonds. The minimum Gasteiger partial charge on any atom is -0.397 e. The molecule has 0 aliphatic rings. The number of aromatic nitrogens is 2. The van der Waals surface area contributed by atoms with Crippen LogP contribution in [0.2, 0.25) is 5.02 Å². The van der Waals surface area contributed by atoms with E-state index < -0.39 is 0 Å². The molecule has 2 aromatic rings. The predicted molar refractivity (Wildman–Crippen MR) is 85.3 cm³/mol. The topological polar surface area (TPSA) is 72.9 Å². The first-order valence-electron chi connectivity index (χ1n) is 6.95. The van der Waals surface area contributed by atoms with Gasteiger partial charge in [-0.1, -0.05) is 18.5 Å². The second-order valence-corrected chi connectivity index (χ2v) is 5.21. The quantitative estimate of drug-likeness (QED) is 0.805. The summed E-state index contributed by atoms with van der Waals surface area (Å²) in [6.45, 7) is 2.84. The van der Waals surface area contributed by atoms with Crippen LogP contribution in [-0.2, 0) is 17.8 Å². The average Bonchev–Trinajstić information content (AvgIpc) is 2.90. The minimum atomic E-state index is -0.0675. The summed E-state index contributed by atoms with van der Waals surface area (Å²) in [5.74, 6) is 0.969. The van der Waals surface area contributed by atoms with Gasteiger partial charge in [-0.15, -0.1) is 0 Å². The number of carbonyl (C=O) groups is 1. The molecule has 0 spiro atoms. The Balaban J connectivity index is 1.84. The summed E-state index contributed by atoms with van der Waals surface area (Å²) in [5.41, 5.74) is 6.87. The molecule has 1 heterocycles. The van der Waals surface area contributed by atoms with E-state index in [0.717, 1.165) is 25.2 Å². The Morgan fingerprint density at radius 3 is 3.05 bits per heavy atom. The third-order valence-corrected chi connectivity index (χ3v) is 3.45. The Labute approximate surface area is 129 Å². The van der Waals surface area contributed by atoms with Crippen LogP contribution in [-0.4, -0.2) is 15.5 Å². The van der Waals surface area contributed by atoms with Gasteiger partial charge in [0.05, 0.1) is 11.4 Å². The van der Waals surface area contributed by atoms with Crippen molar-refractivity contribution >= 4 is 28.9 Å². The van der Waals surface area contributed by atoms with Crippen LogP contribution < -0.4 is 11.1 Å². The first kappa shape index (κ1) is 15.4. The third-order valence-electron chi connectivity index (χ3n) is 3.21. The first-order valence-corrected chi connectivity index (χ1v) is 7.33. The number of hydrogen-bond acceptors (Lipinski definition) is 3. The Hall–Kier alpha value is -2.01. The van der Waals surface area contributed by atoms with Crippen LogP contribution >= 0.6 is 11.6 Å². The van der Waals surface area contributed by atoms with E-state index in [1.807, 2.05) is 6.20 Å². The zero-order chi connectivity index (χ0) is 15.2. The molecule has 0 atom stereocenters. The summed E-state index contributed by atoms with van der Waals surface area (Å²) in [5, 5.41) is 3.33. The predicted octanol–water partition coefficient (Wildman–Crippen LogP) is 3.10. The van der Waals surface area contributed by atoms with Crippen molar-refractivity contribution in [2.45, 2.75) is 32.7 Å². The fourth-order valence-electron chi connectivity index (χ4n) is 2.12. The zero-order valence-corrected chi connectivity index (χ0v) is 12.7. The molecule has 0 saturated carbocycles. The SMILES string of the molecule is CCc1nccn1CCCC(=O)Nc1cc(Cl)ccc1N. The van der Waals surface area contributed by atoms with Crippen molar-refractivity contribution in [3.05, 3.63) is 41.4 Å². The van der Waals surface area contributed by atoms with Gasteiger partial charge in [-0.25, -0.2) is 4.98 Å². The van der Waals surface area contributed by atoms with E-state index in [4.69, 9.17) is 17.3 Å². The van der Waals surface area contributed by atoms with Gasteiger partial charge >= 0.3 is 0 Å². The van der Waals surface area contributed by atoms with Gasteiger partial charge in [0, 0.05) is 36.8 Å². The Morgan fingerprint density at radius 1 is 1.48 bits per heavy atom. The van der Waals surface area contributed by atoms with Crippen molar-refractivity contribution in [3.63, 3.8) is 0 Å². The second-order valence-electron chi connectivity index (χ2n) is 4.77. The van der Waals surface area contributed by atoms with Gasteiger partial charge in [0.15, 0.2) is 0 Å². The monoisotopic (exact) mass is 306 g/mol. The number of aryl methyl sites for hydroxylation is 2. The molecule has 6 heteroatoms. The summed E-state index contributed by atoms with van der Waals surface area (Å²) >= 11 is 5.89. The van der Waals surface area contributed by atoms with Crippen LogP contribution in [0.4, 0.5) is 11.4 Å². The molecule has 0 bridgehead atoms. The van der Waals surface area contributed by atoms with Crippen LogP contribution in [0.5, 0.6) is 0 Å². The Morgan fingerprint density at radius 2 is 2.29 bits per heavy atom. The van der Waals surface area contributed by atoms with Gasteiger partial charge in [-0.2, -0.15) is 0 Å². The van der Waals surface area contributed by atoms with Crippen LogP contribution in [0.1, 0.15) is 25.6 Å². The van der Waals surface area contributed by atoms with Crippen LogP contribution in [0, 0.1) is 0 Å². The molecule has 0 radical (unpaired) electrons. The molecule has 2 rings (SSSR count). The number of rotatable bonds is 6. The van der Waals surface area contributed by atoms with Gasteiger partial charge in [-0.3, -0.25) is 4.79 Å². The summed E-state index contributed by atoms with van der Waals surface area (Å²) in [6.07, 6.45) is 5.78. The second kappa shape index (κ2) is 7.13. The molecular formula is C15H19ClN4O. The maximum Gasteiger partial charge on any atom is 0.224 e. The molecule has 0 fully saturated rings. The summed E-state index contributed by atoms with van der Waals surface area (Å²) < 4.78 is 2.07. The zero-order valence-electron chi connectivity index (χ0n) is 12.0. The lowest BCUT2D eigenvalue weighted by Gasteiger charge is -2.09. The van der Waals surface area contributed by atoms with Crippen LogP contribution in [0.15, 0.2) is 30.6 Å². The largest absolute Gasteiger partial charge is 0.397 e. The summed E-state index contributed by atoms with van der Waals surface area (Å²) in [7, 11) is 0. The molecule has 112 valence electrons. The van der Waals surface area contributed by atoms with Gasteiger partial charge in [0.25, 0.3) is 0 Å². The van der Waals surface area contributed by atoms with Gasteiger partial charge in [-0.05, 0) is 24.6 Å². The van der Waals surface area contributed by atoms with E-state index in [1.165, 1.54) is 0 Å². The van der Waals surface area contributed by atoms with E-state index in [-0.39, 0.29) is 5.91 Å². The number of amides is 1. The lowest BCUT2D eigenvalue weighted by molar-refractivity contribution is -0.116. The highest BCUT2D eigenvalue weighted by atomic mass is 35.5. The standard InChI is InChI=1S/C15H19ClN4O/c1-2-14-18-7-9-20(14)8-3-4-15(21)19-13-10-11(16)5-6-12(13)17/h5-7,9-10H,2-4,8,17H2,1H3,(H,19,21). The number of halogens is 1. The fraction of sp³-hybridized carbons (Fsp3) is 0.333. The molecular weight excluding hydrogens is 288 g/mol. The van der Waals surface area contributed by atoms with Crippen molar-refractivity contribution in [1.82, 2.24) is 9.55 Å². The van der Waals surface area contributed by atoms with Crippen LogP contribution in [0.25, 0.3) is 0 Å². The number of nitrogens with zero attached hydrogens (tertiary/aromatic N) is 2. The highest BCUT2D eigenvalue weighted by molar-refractivity contribution is 6.31. The van der Waals surface area contributed by atoms with Gasteiger partial charge in [0.1, 0.15) is 5.82 Å². The molecule has 3 N–H and O–H groups in total. The molecule has 0 saturated heterocycles. The summed E-state index contributed by atoms with van der Waals surface area (Å²) in [6, 6.07) is 5.02. The molecule has 0 aliphatic heterocycles. The lowest BCUT2D eigenvalue weighted by Crippen LogP contribution is -2.14. The number of anilines is 2. The number of hydrogen-bond donors (Lipinski definition) is 2. The molecule has 0 unspecified atom stereocenters. The Kier molecular flexibility index (Phi) is 5.22. The molecule has 1 aromatic carbocycles. The minimum absolute atomic E-state index is 0.0675. The lowest BCUT2D eigenvalue weighted by atomic mass is 10.2. The smallest absolute Gasteiger partial charge is 0.224 e. The van der Waals surface area contributed by atoms with Gasteiger partial charge < -0.3 is 15.6 Å². The number of nitrogens with two attached hydrogens (primary N) is 1. The fourth-order valence-corrected chi connectivity index (χ4v) is 2.29. The number of carbonyl (C=O) groups excluding carboxylic acids is 1. The normalized spacial score (nSPS) is 10.6. The van der Waals surface area contributed by atoms with E-state index >= 15 is 0 Å². The molecule has 1 aromatic heterocycles. The van der Waals surface area contributed by atoms with E-state index in [0.29, 0.717) is 22.8 Å². The highest BCUT2D eigenvalue weighted by Crippen LogP contribution is 2.23. The van der Waals surface area contributed by atoms with Gasteiger partial charge in [0.2, 0.25) is 5.91 Å². The van der Waals surface area contributed by atoms with E-state index in [1.54, 1.807) is 24.4 Å². The maximum atomic E-state index is 11.9. The van der Waals surface area contributed by atoms with E-state index in [9.17, 15) is 4.79 Å². The number of nitrogen functional groups attached to an aromatic ring is 1.